The molecule has 1 aromatic carbocycles. The molecular formula is C30H40N2O7. The van der Waals surface area contributed by atoms with Crippen molar-refractivity contribution in [1.82, 2.24) is 10.2 Å². The maximum atomic E-state index is 12.2. The van der Waals surface area contributed by atoms with Crippen molar-refractivity contribution < 1.29 is 33.5 Å². The molecule has 0 saturated heterocycles. The number of nitrogens with zero attached hydrogens (tertiary/aromatic N) is 1. The topological polar surface area (TPSA) is 127 Å². The van der Waals surface area contributed by atoms with Gasteiger partial charge in [-0.25, -0.2) is 0 Å². The molecule has 0 spiro atoms. The van der Waals surface area contributed by atoms with E-state index in [1.807, 2.05) is 0 Å². The molecule has 0 fully saturated rings. The number of amides is 3. The zero-order valence-corrected chi connectivity index (χ0v) is 22.7. The van der Waals surface area contributed by atoms with Crippen LogP contribution < -0.4 is 5.32 Å². The molecule has 1 aliphatic heterocycles. The predicted molar refractivity (Wildman–Crippen MR) is 146 cm³/mol. The quantitative estimate of drug-likeness (QED) is 0.102. The van der Waals surface area contributed by atoms with Crippen LogP contribution in [0.5, 0.6) is 0 Å². The number of ketones is 2. The molecule has 0 unspecified atom stereocenters. The van der Waals surface area contributed by atoms with Gasteiger partial charge in [0.1, 0.15) is 12.1 Å². The second kappa shape index (κ2) is 18.7. The Balaban J connectivity index is 1.34. The molecule has 39 heavy (non-hydrogen) atoms. The predicted octanol–water partition coefficient (Wildman–Crippen LogP) is 3.99. The lowest BCUT2D eigenvalue weighted by molar-refractivity contribution is -0.137. The van der Waals surface area contributed by atoms with Gasteiger partial charge in [0.2, 0.25) is 5.91 Å². The molecule has 0 bridgehead atoms. The minimum absolute atomic E-state index is 0.0202. The highest BCUT2D eigenvalue weighted by molar-refractivity contribution is 6.12. The summed E-state index contributed by atoms with van der Waals surface area (Å²) in [5, 5.41) is 2.86. The number of aldehydes is 1. The van der Waals surface area contributed by atoms with Gasteiger partial charge in [0.05, 0.1) is 0 Å². The number of unbranched alkanes of at least 4 members (excludes halogenated alkanes) is 4. The van der Waals surface area contributed by atoms with Gasteiger partial charge in [-0.3, -0.25) is 33.7 Å². The van der Waals surface area contributed by atoms with Crippen LogP contribution in [-0.4, -0.2) is 66.8 Å². The number of rotatable bonds is 22. The number of hydrogen-bond acceptors (Lipinski definition) is 7. The lowest BCUT2D eigenvalue weighted by Gasteiger charge is -2.13. The van der Waals surface area contributed by atoms with Gasteiger partial charge in [-0.2, -0.15) is 0 Å². The van der Waals surface area contributed by atoms with Crippen molar-refractivity contribution in [3.05, 3.63) is 47.5 Å². The fourth-order valence-electron chi connectivity index (χ4n) is 4.15. The van der Waals surface area contributed by atoms with Gasteiger partial charge < -0.3 is 10.1 Å². The average Bonchev–Trinajstić information content (AvgIpc) is 3.26. The number of Topliss-reactive ketones (excluding diaryl/α,β-unsaturated/α-hetero) is 2. The van der Waals surface area contributed by atoms with Gasteiger partial charge >= 0.3 is 0 Å². The Morgan fingerprint density at radius 2 is 1.36 bits per heavy atom. The molecule has 9 heteroatoms. The first-order valence-corrected chi connectivity index (χ1v) is 13.9. The van der Waals surface area contributed by atoms with E-state index in [1.165, 1.54) is 17.1 Å². The average molecular weight is 541 g/mol. The van der Waals surface area contributed by atoms with Crippen molar-refractivity contribution >= 4 is 35.6 Å². The summed E-state index contributed by atoms with van der Waals surface area (Å²) in [6.45, 7) is 1.95. The fraction of sp³-hybridized carbons (Fsp3) is 0.533. The van der Waals surface area contributed by atoms with Crippen molar-refractivity contribution in [2.45, 2.75) is 77.0 Å². The van der Waals surface area contributed by atoms with Crippen molar-refractivity contribution in [3.8, 4) is 0 Å². The Labute approximate surface area is 230 Å². The zero-order valence-electron chi connectivity index (χ0n) is 22.7. The molecule has 1 aliphatic rings. The van der Waals surface area contributed by atoms with Crippen LogP contribution in [0.4, 0.5) is 0 Å². The number of carbonyl (C=O) groups excluding carboxylic acids is 6. The summed E-state index contributed by atoms with van der Waals surface area (Å²) in [6.07, 6.45) is 11.0. The first kappa shape index (κ1) is 31.8. The first-order valence-electron chi connectivity index (χ1n) is 13.9. The number of hydrogen-bond donors (Lipinski definition) is 1. The third kappa shape index (κ3) is 13.2. The van der Waals surface area contributed by atoms with E-state index in [0.717, 1.165) is 32.0 Å². The lowest BCUT2D eigenvalue weighted by atomic mass is 10.0. The maximum absolute atomic E-state index is 12.2. The monoisotopic (exact) mass is 540 g/mol. The van der Waals surface area contributed by atoms with Crippen LogP contribution in [0.25, 0.3) is 0 Å². The number of carbonyl (C=O) groups is 6. The standard InChI is InChI=1S/C30H40N2O7/c33-23-24-13-15-25(16-14-24)27(35)11-4-1-3-9-26(34)10-7-21-39-22-8-19-31-28(36)12-5-2-6-20-32-29(37)17-18-30(32)38/h13-18,23H,1-12,19-22H2,(H,31,36). The number of imide groups is 1. The Morgan fingerprint density at radius 1 is 0.744 bits per heavy atom. The SMILES string of the molecule is O=Cc1ccc(C(=O)CCCCCC(=O)CCCOCCCNC(=O)CCCCCN2C(=O)C=CC2=O)cc1. The first-order chi connectivity index (χ1) is 18.9. The molecule has 1 aromatic rings. The van der Waals surface area contributed by atoms with Crippen molar-refractivity contribution in [3.63, 3.8) is 0 Å². The summed E-state index contributed by atoms with van der Waals surface area (Å²) in [5.74, 6) is -0.309. The van der Waals surface area contributed by atoms with Gasteiger partial charge in [-0.1, -0.05) is 37.1 Å². The number of benzene rings is 1. The van der Waals surface area contributed by atoms with E-state index >= 15 is 0 Å². The second-order valence-corrected chi connectivity index (χ2v) is 9.65. The molecule has 0 aliphatic carbocycles. The minimum atomic E-state index is -0.273. The van der Waals surface area contributed by atoms with Crippen LogP contribution in [-0.2, 0) is 23.9 Å². The van der Waals surface area contributed by atoms with E-state index in [4.69, 9.17) is 4.74 Å². The van der Waals surface area contributed by atoms with Gasteiger partial charge in [0, 0.05) is 75.3 Å². The fourth-order valence-corrected chi connectivity index (χ4v) is 4.15. The lowest BCUT2D eigenvalue weighted by Crippen LogP contribution is -2.30. The smallest absolute Gasteiger partial charge is 0.253 e. The highest BCUT2D eigenvalue weighted by atomic mass is 16.5. The van der Waals surface area contributed by atoms with E-state index in [-0.39, 0.29) is 29.3 Å². The van der Waals surface area contributed by atoms with E-state index in [2.05, 4.69) is 5.32 Å². The number of ether oxygens (including phenoxy) is 1. The van der Waals surface area contributed by atoms with Crippen LogP contribution in [0, 0.1) is 0 Å². The third-order valence-electron chi connectivity index (χ3n) is 6.45. The van der Waals surface area contributed by atoms with Crippen LogP contribution in [0.2, 0.25) is 0 Å². The molecule has 0 aromatic heterocycles. The zero-order chi connectivity index (χ0) is 28.3. The Bertz CT molecular complexity index is 983. The molecular weight excluding hydrogens is 500 g/mol. The Hall–Kier alpha value is -3.46. The largest absolute Gasteiger partial charge is 0.381 e. The maximum Gasteiger partial charge on any atom is 0.253 e. The molecule has 0 saturated carbocycles. The van der Waals surface area contributed by atoms with Gasteiger partial charge in [0.15, 0.2) is 5.78 Å². The van der Waals surface area contributed by atoms with Crippen LogP contribution >= 0.6 is 0 Å². The van der Waals surface area contributed by atoms with Crippen LogP contribution in [0.3, 0.4) is 0 Å². The Morgan fingerprint density at radius 3 is 2.08 bits per heavy atom. The van der Waals surface area contributed by atoms with E-state index < -0.39 is 0 Å². The number of nitrogens with one attached hydrogen (secondary N) is 1. The van der Waals surface area contributed by atoms with E-state index in [1.54, 1.807) is 24.3 Å². The van der Waals surface area contributed by atoms with E-state index in [0.29, 0.717) is 88.8 Å². The van der Waals surface area contributed by atoms with Gasteiger partial charge in [-0.15, -0.1) is 0 Å². The summed E-state index contributed by atoms with van der Waals surface area (Å²) in [7, 11) is 0. The molecule has 1 heterocycles. The summed E-state index contributed by atoms with van der Waals surface area (Å²) in [6, 6.07) is 6.61. The van der Waals surface area contributed by atoms with E-state index in [9.17, 15) is 28.8 Å². The highest BCUT2D eigenvalue weighted by Gasteiger charge is 2.22. The van der Waals surface area contributed by atoms with Gasteiger partial charge in [0.25, 0.3) is 11.8 Å². The molecule has 212 valence electrons. The molecule has 1 N–H and O–H groups in total. The highest BCUT2D eigenvalue weighted by Crippen LogP contribution is 2.12. The molecule has 3 amide bonds. The summed E-state index contributed by atoms with van der Waals surface area (Å²) >= 11 is 0. The van der Waals surface area contributed by atoms with Gasteiger partial charge in [-0.05, 0) is 38.5 Å². The van der Waals surface area contributed by atoms with Crippen molar-refractivity contribution in [2.24, 2.45) is 0 Å². The minimum Gasteiger partial charge on any atom is -0.381 e. The molecule has 0 atom stereocenters. The molecule has 9 nitrogen and oxygen atoms in total. The summed E-state index contributed by atoms with van der Waals surface area (Å²) < 4.78 is 5.55. The molecule has 2 rings (SSSR count). The second-order valence-electron chi connectivity index (χ2n) is 9.65. The third-order valence-corrected chi connectivity index (χ3v) is 6.45. The van der Waals surface area contributed by atoms with Crippen molar-refractivity contribution in [2.75, 3.05) is 26.3 Å². The normalized spacial score (nSPS) is 12.7. The van der Waals surface area contributed by atoms with Crippen molar-refractivity contribution in [1.29, 1.82) is 0 Å². The Kier molecular flexibility index (Phi) is 15.3. The summed E-state index contributed by atoms with van der Waals surface area (Å²) in [4.78, 5) is 70.8. The van der Waals surface area contributed by atoms with Crippen LogP contribution in [0.1, 0.15) is 97.8 Å². The van der Waals surface area contributed by atoms with Crippen LogP contribution in [0.15, 0.2) is 36.4 Å². The molecule has 0 radical (unpaired) electrons. The summed E-state index contributed by atoms with van der Waals surface area (Å²) in [5.41, 5.74) is 1.16.